The molecule has 2 aromatic carbocycles. The highest BCUT2D eigenvalue weighted by Gasteiger charge is 2.33. The molecule has 31 heavy (non-hydrogen) atoms. The molecule has 1 saturated carbocycles. The van der Waals surface area contributed by atoms with E-state index in [-0.39, 0.29) is 12.5 Å². The monoisotopic (exact) mass is 422 g/mol. The first-order valence-corrected chi connectivity index (χ1v) is 10.6. The number of rotatable bonds is 8. The van der Waals surface area contributed by atoms with Crippen LogP contribution in [0.25, 0.3) is 11.1 Å². The van der Waals surface area contributed by atoms with E-state index in [1.54, 1.807) is 0 Å². The van der Waals surface area contributed by atoms with Gasteiger partial charge in [-0.1, -0.05) is 61.4 Å². The molecule has 4 rings (SSSR count). The topological polar surface area (TPSA) is 105 Å². The summed E-state index contributed by atoms with van der Waals surface area (Å²) in [4.78, 5) is 36.1. The van der Waals surface area contributed by atoms with Gasteiger partial charge in [0.25, 0.3) is 0 Å². The van der Waals surface area contributed by atoms with Crippen molar-refractivity contribution < 1.29 is 24.2 Å². The lowest BCUT2D eigenvalue weighted by atomic mass is 9.98. The van der Waals surface area contributed by atoms with Gasteiger partial charge in [-0.3, -0.25) is 9.59 Å². The molecule has 7 heteroatoms. The SMILES string of the molecule is C[C@@H](NC(=O)[C@H](CC1CC1)NC(=O)OCC1c2ccccc2-c2ccccc21)C(=O)O. The maximum Gasteiger partial charge on any atom is 0.407 e. The molecule has 1 fully saturated rings. The van der Waals surface area contributed by atoms with E-state index in [2.05, 4.69) is 22.8 Å². The van der Waals surface area contributed by atoms with E-state index in [4.69, 9.17) is 9.84 Å². The molecule has 0 aromatic heterocycles. The number of carbonyl (C=O) groups is 3. The molecule has 0 spiro atoms. The summed E-state index contributed by atoms with van der Waals surface area (Å²) in [5, 5.41) is 14.1. The first-order chi connectivity index (χ1) is 14.9. The molecule has 3 N–H and O–H groups in total. The predicted octanol–water partition coefficient (Wildman–Crippen LogP) is 3.28. The van der Waals surface area contributed by atoms with E-state index in [9.17, 15) is 14.4 Å². The van der Waals surface area contributed by atoms with Gasteiger partial charge in [0.2, 0.25) is 5.91 Å². The molecule has 2 amide bonds. The number of carboxylic acid groups (broad SMARTS) is 1. The summed E-state index contributed by atoms with van der Waals surface area (Å²) < 4.78 is 5.53. The first kappa shape index (κ1) is 20.9. The zero-order chi connectivity index (χ0) is 22.0. The largest absolute Gasteiger partial charge is 0.480 e. The minimum absolute atomic E-state index is 0.0686. The van der Waals surface area contributed by atoms with Crippen molar-refractivity contribution in [2.75, 3.05) is 6.61 Å². The third-order valence-electron chi connectivity index (χ3n) is 5.95. The number of hydrogen-bond donors (Lipinski definition) is 3. The van der Waals surface area contributed by atoms with Crippen LogP contribution in [0.2, 0.25) is 0 Å². The zero-order valence-corrected chi connectivity index (χ0v) is 17.3. The van der Waals surface area contributed by atoms with Gasteiger partial charge in [-0.15, -0.1) is 0 Å². The fourth-order valence-corrected chi connectivity index (χ4v) is 4.08. The van der Waals surface area contributed by atoms with Crippen LogP contribution in [0, 0.1) is 5.92 Å². The van der Waals surface area contributed by atoms with Crippen LogP contribution in [0.3, 0.4) is 0 Å². The fourth-order valence-electron chi connectivity index (χ4n) is 4.08. The van der Waals surface area contributed by atoms with Gasteiger partial charge in [0, 0.05) is 5.92 Å². The lowest BCUT2D eigenvalue weighted by Gasteiger charge is -2.20. The van der Waals surface area contributed by atoms with Gasteiger partial charge >= 0.3 is 12.1 Å². The van der Waals surface area contributed by atoms with Crippen LogP contribution in [-0.4, -0.2) is 41.8 Å². The van der Waals surface area contributed by atoms with E-state index in [1.807, 2.05) is 36.4 Å². The van der Waals surface area contributed by atoms with Gasteiger partial charge < -0.3 is 20.5 Å². The smallest absolute Gasteiger partial charge is 0.407 e. The zero-order valence-electron chi connectivity index (χ0n) is 17.3. The molecule has 0 saturated heterocycles. The number of alkyl carbamates (subject to hydrolysis) is 1. The molecule has 0 heterocycles. The van der Waals surface area contributed by atoms with E-state index in [0.29, 0.717) is 12.3 Å². The Morgan fingerprint density at radius 1 is 1.00 bits per heavy atom. The number of carboxylic acids is 1. The second-order valence-electron chi connectivity index (χ2n) is 8.27. The summed E-state index contributed by atoms with van der Waals surface area (Å²) in [6, 6.07) is 14.3. The summed E-state index contributed by atoms with van der Waals surface area (Å²) in [5.41, 5.74) is 4.50. The summed E-state index contributed by atoms with van der Waals surface area (Å²) in [7, 11) is 0. The van der Waals surface area contributed by atoms with E-state index in [1.165, 1.54) is 6.92 Å². The molecule has 2 aliphatic rings. The van der Waals surface area contributed by atoms with Gasteiger partial charge in [-0.25, -0.2) is 4.79 Å². The molecule has 0 bridgehead atoms. The van der Waals surface area contributed by atoms with Gasteiger partial charge in [0.1, 0.15) is 18.7 Å². The fraction of sp³-hybridized carbons (Fsp3) is 0.375. The van der Waals surface area contributed by atoms with Crippen molar-refractivity contribution in [2.45, 2.75) is 44.2 Å². The van der Waals surface area contributed by atoms with Crippen molar-refractivity contribution in [3.63, 3.8) is 0 Å². The van der Waals surface area contributed by atoms with Crippen LogP contribution in [0.15, 0.2) is 48.5 Å². The van der Waals surface area contributed by atoms with Gasteiger partial charge in [0.15, 0.2) is 0 Å². The minimum Gasteiger partial charge on any atom is -0.480 e. The van der Waals surface area contributed by atoms with Crippen LogP contribution in [-0.2, 0) is 14.3 Å². The Morgan fingerprint density at radius 2 is 1.58 bits per heavy atom. The highest BCUT2D eigenvalue weighted by molar-refractivity contribution is 5.89. The van der Waals surface area contributed by atoms with Gasteiger partial charge in [-0.05, 0) is 41.5 Å². The summed E-state index contributed by atoms with van der Waals surface area (Å²) in [5.74, 6) is -1.33. The van der Waals surface area contributed by atoms with Crippen molar-refractivity contribution in [1.82, 2.24) is 10.6 Å². The predicted molar refractivity (Wildman–Crippen MR) is 115 cm³/mol. The Hall–Kier alpha value is -3.35. The molecule has 2 aliphatic carbocycles. The van der Waals surface area contributed by atoms with Crippen LogP contribution >= 0.6 is 0 Å². The highest BCUT2D eigenvalue weighted by atomic mass is 16.5. The number of carbonyl (C=O) groups excluding carboxylic acids is 2. The maximum atomic E-state index is 12.5. The Balaban J connectivity index is 1.40. The van der Waals surface area contributed by atoms with Crippen LogP contribution in [0.5, 0.6) is 0 Å². The molecular weight excluding hydrogens is 396 g/mol. The lowest BCUT2D eigenvalue weighted by molar-refractivity contribution is -0.141. The van der Waals surface area contributed by atoms with E-state index in [0.717, 1.165) is 35.1 Å². The van der Waals surface area contributed by atoms with Crippen LogP contribution in [0.1, 0.15) is 43.2 Å². The second kappa shape index (κ2) is 8.79. The molecule has 2 aromatic rings. The number of hydrogen-bond acceptors (Lipinski definition) is 4. The molecule has 0 aliphatic heterocycles. The highest BCUT2D eigenvalue weighted by Crippen LogP contribution is 2.44. The molecule has 2 atom stereocenters. The standard InChI is InChI=1S/C24H26N2O5/c1-14(23(28)29)25-22(27)21(12-15-10-11-15)26-24(30)31-13-20-18-8-4-2-6-16(18)17-7-3-5-9-19(17)20/h2-9,14-15,20-21H,10-13H2,1H3,(H,25,27)(H,26,30)(H,28,29)/t14-,21+/m1/s1. The first-order valence-electron chi connectivity index (χ1n) is 10.6. The Kier molecular flexibility index (Phi) is 5.93. The second-order valence-corrected chi connectivity index (χ2v) is 8.27. The number of benzene rings is 2. The van der Waals surface area contributed by atoms with Gasteiger partial charge in [0.05, 0.1) is 0 Å². The Bertz CT molecular complexity index is 955. The van der Waals surface area contributed by atoms with E-state index < -0.39 is 30.1 Å². The number of ether oxygens (including phenoxy) is 1. The van der Waals surface area contributed by atoms with Gasteiger partial charge in [-0.2, -0.15) is 0 Å². The molecule has 162 valence electrons. The maximum absolute atomic E-state index is 12.5. The van der Waals surface area contributed by atoms with Crippen LogP contribution < -0.4 is 10.6 Å². The third kappa shape index (κ3) is 4.71. The third-order valence-corrected chi connectivity index (χ3v) is 5.95. The van der Waals surface area contributed by atoms with Crippen molar-refractivity contribution >= 4 is 18.0 Å². The van der Waals surface area contributed by atoms with Crippen molar-refractivity contribution in [3.05, 3.63) is 59.7 Å². The number of fused-ring (bicyclic) bond motifs is 3. The quantitative estimate of drug-likeness (QED) is 0.606. The lowest BCUT2D eigenvalue weighted by Crippen LogP contribution is -2.51. The molecule has 0 radical (unpaired) electrons. The Morgan fingerprint density at radius 3 is 2.13 bits per heavy atom. The number of amides is 2. The average Bonchev–Trinajstić information content (AvgIpc) is 3.52. The Labute approximate surface area is 180 Å². The van der Waals surface area contributed by atoms with E-state index >= 15 is 0 Å². The number of aliphatic carboxylic acids is 1. The average molecular weight is 422 g/mol. The molecule has 0 unspecified atom stereocenters. The van der Waals surface area contributed by atoms with Crippen molar-refractivity contribution in [2.24, 2.45) is 5.92 Å². The van der Waals surface area contributed by atoms with Crippen molar-refractivity contribution in [1.29, 1.82) is 0 Å². The minimum atomic E-state index is -1.13. The van der Waals surface area contributed by atoms with Crippen molar-refractivity contribution in [3.8, 4) is 11.1 Å². The van der Waals surface area contributed by atoms with Crippen LogP contribution in [0.4, 0.5) is 4.79 Å². The molecule has 7 nitrogen and oxygen atoms in total. The summed E-state index contributed by atoms with van der Waals surface area (Å²) in [6.07, 6.45) is 1.81. The molecular formula is C24H26N2O5. The summed E-state index contributed by atoms with van der Waals surface area (Å²) >= 11 is 0. The number of nitrogens with one attached hydrogen (secondary N) is 2. The normalized spacial score (nSPS) is 16.5. The summed E-state index contributed by atoms with van der Waals surface area (Å²) in [6.45, 7) is 1.55.